The van der Waals surface area contributed by atoms with Crippen LogP contribution in [0.4, 0.5) is 0 Å². The number of para-hydroxylation sites is 1. The summed E-state index contributed by atoms with van der Waals surface area (Å²) >= 11 is 0. The van der Waals surface area contributed by atoms with E-state index >= 15 is 0 Å². The van der Waals surface area contributed by atoms with Gasteiger partial charge in [0.25, 0.3) is 0 Å². The second-order valence-electron chi connectivity index (χ2n) is 5.42. The smallest absolute Gasteiger partial charge is 0.336 e. The number of carbonyl (C=O) groups is 1. The first-order chi connectivity index (χ1) is 9.09. The molecule has 1 atom stereocenters. The lowest BCUT2D eigenvalue weighted by Crippen LogP contribution is -2.16. The predicted molar refractivity (Wildman–Crippen MR) is 74.8 cm³/mol. The number of rotatable bonds is 1. The van der Waals surface area contributed by atoms with Crippen molar-refractivity contribution in [3.05, 3.63) is 40.6 Å². The summed E-state index contributed by atoms with van der Waals surface area (Å²) in [6.07, 6.45) is 2.97. The van der Waals surface area contributed by atoms with Gasteiger partial charge in [0.1, 0.15) is 0 Å². The lowest BCUT2D eigenvalue weighted by molar-refractivity contribution is 0.0697. The number of fused-ring (bicyclic) bond motifs is 2. The first-order valence-electron chi connectivity index (χ1n) is 6.75. The molecule has 1 aromatic heterocycles. The highest BCUT2D eigenvalue weighted by molar-refractivity contribution is 6.05. The molecule has 3 nitrogen and oxygen atoms in total. The van der Waals surface area contributed by atoms with Crippen LogP contribution in [-0.2, 0) is 6.42 Å². The van der Waals surface area contributed by atoms with E-state index in [1.807, 2.05) is 25.1 Å². The Labute approximate surface area is 112 Å². The number of benzene rings is 1. The molecule has 1 unspecified atom stereocenters. The van der Waals surface area contributed by atoms with Crippen LogP contribution in [0, 0.1) is 6.92 Å². The van der Waals surface area contributed by atoms with E-state index < -0.39 is 5.97 Å². The summed E-state index contributed by atoms with van der Waals surface area (Å²) in [6.45, 7) is 4.13. The van der Waals surface area contributed by atoms with Crippen LogP contribution in [0.3, 0.4) is 0 Å². The summed E-state index contributed by atoms with van der Waals surface area (Å²) in [6, 6.07) is 5.77. The largest absolute Gasteiger partial charge is 0.478 e. The molecule has 0 radical (unpaired) electrons. The van der Waals surface area contributed by atoms with Crippen LogP contribution in [0.2, 0.25) is 0 Å². The molecule has 0 amide bonds. The van der Waals surface area contributed by atoms with Crippen molar-refractivity contribution in [2.45, 2.75) is 39.0 Å². The number of carboxylic acid groups (broad SMARTS) is 1. The normalized spacial score (nSPS) is 18.3. The molecule has 1 aliphatic rings. The summed E-state index contributed by atoms with van der Waals surface area (Å²) in [4.78, 5) is 16.5. The lowest BCUT2D eigenvalue weighted by Gasteiger charge is -2.24. The number of carboxylic acids is 1. The Morgan fingerprint density at radius 2 is 2.21 bits per heavy atom. The molecule has 19 heavy (non-hydrogen) atoms. The SMILES string of the molecule is Cc1cccc2c(C(=O)O)c3c(nc12)C(C)CCC3. The lowest BCUT2D eigenvalue weighted by atomic mass is 9.84. The average molecular weight is 255 g/mol. The number of aryl methyl sites for hydroxylation is 1. The Bertz CT molecular complexity index is 676. The minimum absolute atomic E-state index is 0.353. The van der Waals surface area contributed by atoms with E-state index in [0.717, 1.165) is 47.0 Å². The molecule has 1 heterocycles. The Morgan fingerprint density at radius 1 is 1.42 bits per heavy atom. The molecule has 0 fully saturated rings. The number of pyridine rings is 1. The van der Waals surface area contributed by atoms with Crippen LogP contribution in [0.5, 0.6) is 0 Å². The van der Waals surface area contributed by atoms with Crippen molar-refractivity contribution in [3.8, 4) is 0 Å². The maximum Gasteiger partial charge on any atom is 0.336 e. The second-order valence-corrected chi connectivity index (χ2v) is 5.42. The maximum absolute atomic E-state index is 11.7. The Hall–Kier alpha value is -1.90. The van der Waals surface area contributed by atoms with Gasteiger partial charge in [-0.15, -0.1) is 0 Å². The minimum atomic E-state index is -0.830. The van der Waals surface area contributed by atoms with E-state index in [4.69, 9.17) is 4.98 Å². The van der Waals surface area contributed by atoms with Crippen LogP contribution in [-0.4, -0.2) is 16.1 Å². The third kappa shape index (κ3) is 1.81. The fourth-order valence-electron chi connectivity index (χ4n) is 3.11. The van der Waals surface area contributed by atoms with Gasteiger partial charge in [0.15, 0.2) is 0 Å². The number of aromatic carboxylic acids is 1. The second kappa shape index (κ2) is 4.34. The average Bonchev–Trinajstić information content (AvgIpc) is 2.37. The molecule has 1 aromatic carbocycles. The third-order valence-electron chi connectivity index (χ3n) is 4.09. The first kappa shape index (κ1) is 12.2. The van der Waals surface area contributed by atoms with Gasteiger partial charge in [-0.05, 0) is 43.2 Å². The summed E-state index contributed by atoms with van der Waals surface area (Å²) in [7, 11) is 0. The monoisotopic (exact) mass is 255 g/mol. The summed E-state index contributed by atoms with van der Waals surface area (Å²) < 4.78 is 0. The Morgan fingerprint density at radius 3 is 2.95 bits per heavy atom. The molecular formula is C16H17NO2. The van der Waals surface area contributed by atoms with E-state index in [0.29, 0.717) is 11.5 Å². The molecule has 0 spiro atoms. The highest BCUT2D eigenvalue weighted by atomic mass is 16.4. The van der Waals surface area contributed by atoms with E-state index in [-0.39, 0.29) is 0 Å². The molecule has 0 bridgehead atoms. The van der Waals surface area contributed by atoms with Crippen molar-refractivity contribution in [1.29, 1.82) is 0 Å². The summed E-state index contributed by atoms with van der Waals surface area (Å²) in [5.74, 6) is -0.478. The van der Waals surface area contributed by atoms with Gasteiger partial charge in [-0.3, -0.25) is 4.98 Å². The predicted octanol–water partition coefficient (Wildman–Crippen LogP) is 3.68. The van der Waals surface area contributed by atoms with Gasteiger partial charge < -0.3 is 5.11 Å². The summed E-state index contributed by atoms with van der Waals surface area (Å²) in [5.41, 5.74) is 4.29. The molecule has 3 heteroatoms. The highest BCUT2D eigenvalue weighted by Gasteiger charge is 2.26. The number of hydrogen-bond donors (Lipinski definition) is 1. The third-order valence-corrected chi connectivity index (χ3v) is 4.09. The Balaban J connectivity index is 2.45. The van der Waals surface area contributed by atoms with Gasteiger partial charge in [0.05, 0.1) is 11.1 Å². The van der Waals surface area contributed by atoms with Crippen LogP contribution in [0.1, 0.15) is 52.9 Å². The van der Waals surface area contributed by atoms with Crippen molar-refractivity contribution in [3.63, 3.8) is 0 Å². The van der Waals surface area contributed by atoms with Gasteiger partial charge in [0.2, 0.25) is 0 Å². The van der Waals surface area contributed by atoms with Crippen LogP contribution >= 0.6 is 0 Å². The first-order valence-corrected chi connectivity index (χ1v) is 6.75. The fraction of sp³-hybridized carbons (Fsp3) is 0.375. The molecule has 1 aliphatic carbocycles. The molecule has 1 N–H and O–H groups in total. The zero-order valence-electron chi connectivity index (χ0n) is 11.2. The van der Waals surface area contributed by atoms with Crippen molar-refractivity contribution in [2.24, 2.45) is 0 Å². The van der Waals surface area contributed by atoms with E-state index in [1.165, 1.54) is 0 Å². The van der Waals surface area contributed by atoms with E-state index in [2.05, 4.69) is 6.92 Å². The molecule has 2 aromatic rings. The van der Waals surface area contributed by atoms with Crippen molar-refractivity contribution in [1.82, 2.24) is 4.98 Å². The van der Waals surface area contributed by atoms with Gasteiger partial charge in [-0.2, -0.15) is 0 Å². The highest BCUT2D eigenvalue weighted by Crippen LogP contribution is 2.35. The Kier molecular flexibility index (Phi) is 2.77. The van der Waals surface area contributed by atoms with Crippen molar-refractivity contribution in [2.75, 3.05) is 0 Å². The van der Waals surface area contributed by atoms with Crippen LogP contribution < -0.4 is 0 Å². The molecular weight excluding hydrogens is 238 g/mol. The maximum atomic E-state index is 11.7. The number of nitrogens with zero attached hydrogens (tertiary/aromatic N) is 1. The van der Waals surface area contributed by atoms with Gasteiger partial charge in [-0.25, -0.2) is 4.79 Å². The van der Waals surface area contributed by atoms with E-state index in [9.17, 15) is 9.90 Å². The summed E-state index contributed by atoms with van der Waals surface area (Å²) in [5, 5.41) is 10.4. The zero-order chi connectivity index (χ0) is 13.6. The van der Waals surface area contributed by atoms with Crippen molar-refractivity contribution >= 4 is 16.9 Å². The van der Waals surface area contributed by atoms with Gasteiger partial charge >= 0.3 is 5.97 Å². The number of aromatic nitrogens is 1. The topological polar surface area (TPSA) is 50.2 Å². The van der Waals surface area contributed by atoms with Gasteiger partial charge in [-0.1, -0.05) is 25.1 Å². The molecule has 0 saturated carbocycles. The standard InChI is InChI=1S/C16H17NO2/c1-9-5-3-7-11-13(16(18)19)12-8-4-6-10(2)15(12)17-14(9)11/h3,5,7,10H,4,6,8H2,1-2H3,(H,18,19). The van der Waals surface area contributed by atoms with Crippen LogP contribution in [0.15, 0.2) is 18.2 Å². The zero-order valence-corrected chi connectivity index (χ0v) is 11.2. The molecule has 0 saturated heterocycles. The van der Waals surface area contributed by atoms with Gasteiger partial charge in [0, 0.05) is 11.1 Å². The van der Waals surface area contributed by atoms with E-state index in [1.54, 1.807) is 0 Å². The quantitative estimate of drug-likeness (QED) is 0.845. The minimum Gasteiger partial charge on any atom is -0.478 e. The van der Waals surface area contributed by atoms with Crippen molar-refractivity contribution < 1.29 is 9.90 Å². The van der Waals surface area contributed by atoms with Crippen LogP contribution in [0.25, 0.3) is 10.9 Å². The fourth-order valence-corrected chi connectivity index (χ4v) is 3.11. The number of hydrogen-bond acceptors (Lipinski definition) is 2. The molecule has 0 aliphatic heterocycles. The molecule has 3 rings (SSSR count). The molecule has 98 valence electrons.